The van der Waals surface area contributed by atoms with Gasteiger partial charge in [0.05, 0.1) is 6.04 Å². The van der Waals surface area contributed by atoms with Crippen LogP contribution in [-0.4, -0.2) is 39.1 Å². The van der Waals surface area contributed by atoms with Crippen LogP contribution in [-0.2, 0) is 4.79 Å². The van der Waals surface area contributed by atoms with Crippen molar-refractivity contribution in [2.24, 2.45) is 0 Å². The molecule has 3 aromatic rings. The van der Waals surface area contributed by atoms with Crippen molar-refractivity contribution in [3.05, 3.63) is 59.5 Å². The van der Waals surface area contributed by atoms with Crippen molar-refractivity contribution in [2.75, 3.05) is 18.6 Å². The number of pyridine rings is 1. The summed E-state index contributed by atoms with van der Waals surface area (Å²) >= 11 is 7.56. The lowest BCUT2D eigenvalue weighted by atomic mass is 10.2. The molecule has 2 heterocycles. The second-order valence-corrected chi connectivity index (χ2v) is 7.05. The van der Waals surface area contributed by atoms with E-state index in [0.29, 0.717) is 10.8 Å². The molecule has 0 saturated heterocycles. The number of carbonyl (C=O) groups excluding carboxylic acids is 1. The van der Waals surface area contributed by atoms with Crippen molar-refractivity contribution in [3.63, 3.8) is 0 Å². The van der Waals surface area contributed by atoms with E-state index in [1.54, 1.807) is 36.0 Å². The van der Waals surface area contributed by atoms with Gasteiger partial charge in [0.2, 0.25) is 0 Å². The molecule has 1 aromatic carbocycles. The minimum Gasteiger partial charge on any atom is -0.484 e. The molecule has 0 bridgehead atoms. The van der Waals surface area contributed by atoms with Gasteiger partial charge in [-0.2, -0.15) is 11.8 Å². The van der Waals surface area contributed by atoms with E-state index < -0.39 is 0 Å². The van der Waals surface area contributed by atoms with E-state index in [1.807, 2.05) is 35.1 Å². The quantitative estimate of drug-likeness (QED) is 0.638. The molecule has 0 saturated carbocycles. The van der Waals surface area contributed by atoms with Crippen LogP contribution in [0.2, 0.25) is 5.02 Å². The largest absolute Gasteiger partial charge is 0.484 e. The maximum absolute atomic E-state index is 12.4. The van der Waals surface area contributed by atoms with Gasteiger partial charge in [0, 0.05) is 11.2 Å². The maximum Gasteiger partial charge on any atom is 0.258 e. The van der Waals surface area contributed by atoms with Gasteiger partial charge in [-0.3, -0.25) is 9.20 Å². The maximum atomic E-state index is 12.4. The lowest BCUT2D eigenvalue weighted by Gasteiger charge is -2.17. The Morgan fingerprint density at radius 3 is 2.85 bits per heavy atom. The number of thioether (sulfide) groups is 1. The van der Waals surface area contributed by atoms with Crippen molar-refractivity contribution in [3.8, 4) is 5.75 Å². The van der Waals surface area contributed by atoms with Crippen molar-refractivity contribution in [1.82, 2.24) is 19.9 Å². The molecular weight excluding hydrogens is 372 g/mol. The molecule has 0 radical (unpaired) electrons. The zero-order valence-electron chi connectivity index (χ0n) is 14.3. The van der Waals surface area contributed by atoms with Crippen LogP contribution in [0.5, 0.6) is 5.75 Å². The van der Waals surface area contributed by atoms with Crippen molar-refractivity contribution in [1.29, 1.82) is 0 Å². The predicted molar refractivity (Wildman–Crippen MR) is 104 cm³/mol. The number of nitrogens with one attached hydrogen (secondary N) is 1. The van der Waals surface area contributed by atoms with Gasteiger partial charge >= 0.3 is 0 Å². The zero-order chi connectivity index (χ0) is 18.4. The van der Waals surface area contributed by atoms with Crippen LogP contribution in [0, 0.1) is 0 Å². The molecule has 26 heavy (non-hydrogen) atoms. The molecule has 1 atom stereocenters. The number of ether oxygens (including phenoxy) is 1. The summed E-state index contributed by atoms with van der Waals surface area (Å²) < 4.78 is 7.41. The number of carbonyl (C=O) groups is 1. The summed E-state index contributed by atoms with van der Waals surface area (Å²) in [5.74, 6) is 2.00. The van der Waals surface area contributed by atoms with E-state index >= 15 is 0 Å². The Labute approximate surface area is 160 Å². The first-order valence-corrected chi connectivity index (χ1v) is 9.91. The number of amides is 1. The molecule has 0 spiro atoms. The minimum absolute atomic E-state index is 0.0753. The van der Waals surface area contributed by atoms with E-state index in [4.69, 9.17) is 16.3 Å². The smallest absolute Gasteiger partial charge is 0.258 e. The zero-order valence-corrected chi connectivity index (χ0v) is 15.8. The number of hydrogen-bond donors (Lipinski definition) is 1. The summed E-state index contributed by atoms with van der Waals surface area (Å²) in [4.78, 5) is 12.4. The Balaban J connectivity index is 1.67. The van der Waals surface area contributed by atoms with Crippen LogP contribution in [0.25, 0.3) is 5.65 Å². The average Bonchev–Trinajstić information content (AvgIpc) is 3.09. The SMILES string of the molecule is CSCCC(NC(=O)COc1ccc(Cl)cc1)c1nnc2ccccn12. The van der Waals surface area contributed by atoms with E-state index in [2.05, 4.69) is 15.5 Å². The first-order chi connectivity index (χ1) is 12.7. The van der Waals surface area contributed by atoms with Crippen LogP contribution < -0.4 is 10.1 Å². The second-order valence-electron chi connectivity index (χ2n) is 5.63. The third kappa shape index (κ3) is 4.68. The number of nitrogens with zero attached hydrogens (tertiary/aromatic N) is 3. The fourth-order valence-electron chi connectivity index (χ4n) is 2.51. The molecule has 136 valence electrons. The highest BCUT2D eigenvalue weighted by Gasteiger charge is 2.20. The van der Waals surface area contributed by atoms with E-state index in [0.717, 1.165) is 23.6 Å². The van der Waals surface area contributed by atoms with E-state index in [-0.39, 0.29) is 18.6 Å². The molecule has 6 nitrogen and oxygen atoms in total. The lowest BCUT2D eigenvalue weighted by Crippen LogP contribution is -2.34. The number of rotatable bonds is 8. The van der Waals surface area contributed by atoms with Crippen molar-refractivity contribution < 1.29 is 9.53 Å². The molecule has 1 unspecified atom stereocenters. The van der Waals surface area contributed by atoms with Crippen LogP contribution in [0.15, 0.2) is 48.7 Å². The molecule has 0 fully saturated rings. The first kappa shape index (κ1) is 18.5. The molecule has 8 heteroatoms. The van der Waals surface area contributed by atoms with Crippen LogP contribution in [0.1, 0.15) is 18.3 Å². The Morgan fingerprint density at radius 2 is 2.08 bits per heavy atom. The molecule has 0 aliphatic rings. The van der Waals surface area contributed by atoms with Crippen LogP contribution in [0.3, 0.4) is 0 Å². The highest BCUT2D eigenvalue weighted by Crippen LogP contribution is 2.19. The molecular formula is C18H19ClN4O2S. The number of benzene rings is 1. The normalized spacial score (nSPS) is 12.1. The average molecular weight is 391 g/mol. The van der Waals surface area contributed by atoms with Crippen molar-refractivity contribution >= 4 is 34.9 Å². The fraction of sp³-hybridized carbons (Fsp3) is 0.278. The highest BCUT2D eigenvalue weighted by atomic mass is 35.5. The summed E-state index contributed by atoms with van der Waals surface area (Å²) in [6, 6.07) is 12.4. The van der Waals surface area contributed by atoms with E-state index in [9.17, 15) is 4.79 Å². The monoisotopic (exact) mass is 390 g/mol. The van der Waals surface area contributed by atoms with Crippen molar-refractivity contribution in [2.45, 2.75) is 12.5 Å². The van der Waals surface area contributed by atoms with Gasteiger partial charge in [0.25, 0.3) is 5.91 Å². The van der Waals surface area contributed by atoms with Gasteiger partial charge in [-0.1, -0.05) is 17.7 Å². The standard InChI is InChI=1S/C18H19ClN4O2S/c1-26-11-9-15(18-22-21-16-4-2-3-10-23(16)18)20-17(24)12-25-14-7-5-13(19)6-8-14/h2-8,10,15H,9,11-12H2,1H3,(H,20,24). The number of hydrogen-bond acceptors (Lipinski definition) is 5. The molecule has 1 N–H and O–H groups in total. The molecule has 1 amide bonds. The van der Waals surface area contributed by atoms with Gasteiger partial charge < -0.3 is 10.1 Å². The summed E-state index contributed by atoms with van der Waals surface area (Å²) in [5, 5.41) is 12.1. The summed E-state index contributed by atoms with van der Waals surface area (Å²) in [7, 11) is 0. The molecule has 0 aliphatic carbocycles. The Bertz CT molecular complexity index is 869. The topological polar surface area (TPSA) is 68.5 Å². The van der Waals surface area contributed by atoms with Gasteiger partial charge in [0.15, 0.2) is 18.1 Å². The summed E-state index contributed by atoms with van der Waals surface area (Å²) in [5.41, 5.74) is 0.753. The Kier molecular flexibility index (Phi) is 6.35. The Hall–Kier alpha value is -2.25. The number of halogens is 1. The summed E-state index contributed by atoms with van der Waals surface area (Å²) in [6.45, 7) is -0.0753. The highest BCUT2D eigenvalue weighted by molar-refractivity contribution is 7.98. The number of aromatic nitrogens is 3. The van der Waals surface area contributed by atoms with E-state index in [1.165, 1.54) is 0 Å². The van der Waals surface area contributed by atoms with Gasteiger partial charge in [-0.15, -0.1) is 10.2 Å². The molecule has 3 rings (SSSR count). The third-order valence-electron chi connectivity index (χ3n) is 3.78. The second kappa shape index (κ2) is 8.91. The fourth-order valence-corrected chi connectivity index (χ4v) is 3.11. The predicted octanol–water partition coefficient (Wildman–Crippen LogP) is 3.37. The lowest BCUT2D eigenvalue weighted by molar-refractivity contribution is -0.123. The summed E-state index contributed by atoms with van der Waals surface area (Å²) in [6.07, 6.45) is 4.68. The van der Waals surface area contributed by atoms with Gasteiger partial charge in [0.1, 0.15) is 5.75 Å². The third-order valence-corrected chi connectivity index (χ3v) is 4.68. The Morgan fingerprint density at radius 1 is 1.27 bits per heavy atom. The molecule has 0 aliphatic heterocycles. The number of fused-ring (bicyclic) bond motifs is 1. The first-order valence-electron chi connectivity index (χ1n) is 8.13. The van der Waals surface area contributed by atoms with Crippen LogP contribution >= 0.6 is 23.4 Å². The van der Waals surface area contributed by atoms with Gasteiger partial charge in [-0.05, 0) is 54.8 Å². The van der Waals surface area contributed by atoms with Gasteiger partial charge in [-0.25, -0.2) is 0 Å². The molecule has 2 aromatic heterocycles. The minimum atomic E-state index is -0.235. The van der Waals surface area contributed by atoms with Crippen LogP contribution in [0.4, 0.5) is 0 Å².